The third-order valence-electron chi connectivity index (χ3n) is 10.3. The quantitative estimate of drug-likeness (QED) is 0.102. The fraction of sp³-hybridized carbons (Fsp3) is 0.207. The fourth-order valence-corrected chi connectivity index (χ4v) is 7.21. The molecule has 0 unspecified atom stereocenters. The number of hydrogen-bond acceptors (Lipinski definition) is 4. The maximum absolute atomic E-state index is 9.70. The molecule has 4 aromatic heterocycles. The van der Waals surface area contributed by atoms with Crippen LogP contribution >= 0.6 is 0 Å². The molecule has 5 nitrogen and oxygen atoms in total. The normalized spacial score (nSPS) is 16.5. The van der Waals surface area contributed by atoms with Gasteiger partial charge in [0.1, 0.15) is 5.58 Å². The van der Waals surface area contributed by atoms with Crippen molar-refractivity contribution in [1.82, 2.24) is 15.0 Å². The zero-order valence-electron chi connectivity index (χ0n) is 50.2. The summed E-state index contributed by atoms with van der Waals surface area (Å²) >= 11 is 0. The van der Waals surface area contributed by atoms with Gasteiger partial charge in [-0.05, 0) is 118 Å². The van der Waals surface area contributed by atoms with Gasteiger partial charge in [0.25, 0.3) is 0 Å². The van der Waals surface area contributed by atoms with Crippen LogP contribution < -0.4 is 0 Å². The molecule has 0 radical (unpaired) electrons. The Kier molecular flexibility index (Phi) is 9.03. The minimum absolute atomic E-state index is 0. The van der Waals surface area contributed by atoms with Gasteiger partial charge < -0.3 is 19.4 Å². The molecule has 4 heterocycles. The third-order valence-corrected chi connectivity index (χ3v) is 10.3. The van der Waals surface area contributed by atoms with Crippen LogP contribution in [0.5, 0.6) is 0 Å². The van der Waals surface area contributed by atoms with E-state index in [1.807, 2.05) is 0 Å². The predicted octanol–water partition coefficient (Wildman–Crippen LogP) is 14.3. The van der Waals surface area contributed by atoms with E-state index < -0.39 is 66.7 Å². The molecule has 0 bridgehead atoms. The second kappa shape index (κ2) is 19.9. The van der Waals surface area contributed by atoms with Gasteiger partial charge in [0.2, 0.25) is 0 Å². The molecule has 64 heavy (non-hydrogen) atoms. The molecule has 0 saturated carbocycles. The zero-order valence-corrected chi connectivity index (χ0v) is 37.6. The number of fused-ring (bicyclic) bond motifs is 3. The number of rotatable bonds is 14. The Morgan fingerprint density at radius 1 is 0.625 bits per heavy atom. The van der Waals surface area contributed by atoms with Crippen molar-refractivity contribution in [2.75, 3.05) is 0 Å². The molecule has 9 rings (SSSR count). The Hall–Kier alpha value is -6.51. The van der Waals surface area contributed by atoms with Crippen molar-refractivity contribution in [1.29, 1.82) is 0 Å². The smallest absolute Gasteiger partial charge is 0.502 e. The average molecular weight is 1030 g/mol. The van der Waals surface area contributed by atoms with Crippen LogP contribution in [0.2, 0.25) is 0 Å². The predicted molar refractivity (Wildman–Crippen MR) is 256 cm³/mol. The van der Waals surface area contributed by atoms with Gasteiger partial charge in [-0.15, -0.1) is 90.0 Å². The Morgan fingerprint density at radius 2 is 1.19 bits per heavy atom. The number of furan rings is 1. The Bertz CT molecular complexity index is 3670. The van der Waals surface area contributed by atoms with Gasteiger partial charge in [-0.3, -0.25) is 0 Å². The van der Waals surface area contributed by atoms with Gasteiger partial charge in [0.15, 0.2) is 5.69 Å². The first kappa shape index (κ1) is 29.0. The van der Waals surface area contributed by atoms with Gasteiger partial charge in [-0.25, -0.2) is 4.85 Å². The van der Waals surface area contributed by atoms with E-state index in [2.05, 4.69) is 38.0 Å². The molecule has 9 aromatic rings. The van der Waals surface area contributed by atoms with Crippen LogP contribution in [0.1, 0.15) is 105 Å². The Balaban J connectivity index is 0.00000822. The van der Waals surface area contributed by atoms with E-state index in [0.717, 1.165) is 36.8 Å². The standard InChI is InChI=1S/C58H49N4O.Ir/c1-38(2)50-33-54(44-14-8-6-9-15-44)61-36-46(50)27-24-42-30-41(31-43(32-42)25-28-47-37-62-55(34-51(47)39(3)4)45-16-10-7-11-17-45)23-22-40-26-29-52(60-35-40)48-18-12-19-49-57-53(59-5)20-13-21-56(57)63-58(48)49;/h6-14,16,19-21,26,29-39H,22-25,27-28H2,1-4H3;/q-3;+3/i20D,22D2,23D2,24D2,25D2,27D2,28D2,38D,39D;. The van der Waals surface area contributed by atoms with Gasteiger partial charge in [0, 0.05) is 44.5 Å². The third kappa shape index (κ3) is 9.68. The van der Waals surface area contributed by atoms with Gasteiger partial charge in [0.05, 0.1) is 12.2 Å². The Morgan fingerprint density at radius 3 is 1.70 bits per heavy atom. The van der Waals surface area contributed by atoms with E-state index >= 15 is 0 Å². The number of hydrogen-bond donors (Lipinski definition) is 0. The summed E-state index contributed by atoms with van der Waals surface area (Å²) in [5, 5.41) is 0.938. The summed E-state index contributed by atoms with van der Waals surface area (Å²) in [4.78, 5) is 17.0. The van der Waals surface area contributed by atoms with Crippen LogP contribution in [-0.4, -0.2) is 15.0 Å². The second-order valence-corrected chi connectivity index (χ2v) is 15.1. The molecule has 6 heteroatoms. The van der Waals surface area contributed by atoms with Crippen LogP contribution in [-0.2, 0) is 58.3 Å². The van der Waals surface area contributed by atoms with Crippen molar-refractivity contribution >= 4 is 27.6 Å². The summed E-state index contributed by atoms with van der Waals surface area (Å²) in [6.07, 6.45) is -15.8. The number of pyridine rings is 3. The summed E-state index contributed by atoms with van der Waals surface area (Å²) in [5.74, 6) is -3.11. The first-order valence-electron chi connectivity index (χ1n) is 27.7. The van der Waals surface area contributed by atoms with E-state index in [1.54, 1.807) is 66.7 Å². The monoisotopic (exact) mass is 1030 g/mol. The van der Waals surface area contributed by atoms with Crippen LogP contribution in [0.15, 0.2) is 144 Å². The van der Waals surface area contributed by atoms with Gasteiger partial charge >= 0.3 is 20.1 Å². The number of nitrogens with zero attached hydrogens (tertiary/aromatic N) is 4. The van der Waals surface area contributed by atoms with E-state index in [4.69, 9.17) is 15.1 Å². The van der Waals surface area contributed by atoms with Crippen molar-refractivity contribution in [3.63, 3.8) is 0 Å². The van der Waals surface area contributed by atoms with Crippen molar-refractivity contribution < 1.29 is 45.1 Å². The molecule has 0 spiro atoms. The molecular formula is C58H49IrN4O. The van der Waals surface area contributed by atoms with Crippen LogP contribution in [0.3, 0.4) is 0 Å². The number of benzene rings is 5. The summed E-state index contributed by atoms with van der Waals surface area (Å²) in [7, 11) is 0. The van der Waals surface area contributed by atoms with Gasteiger partial charge in [-0.1, -0.05) is 93.2 Å². The molecule has 0 N–H and O–H groups in total. The summed E-state index contributed by atoms with van der Waals surface area (Å²) in [5.41, 5.74) is -0.0257. The number of aromatic nitrogens is 3. The molecule has 0 amide bonds. The van der Waals surface area contributed by atoms with Crippen molar-refractivity contribution in [3.05, 3.63) is 214 Å². The molecule has 0 aliphatic carbocycles. The molecule has 0 atom stereocenters. The van der Waals surface area contributed by atoms with E-state index in [1.165, 1.54) is 58.0 Å². The summed E-state index contributed by atoms with van der Waals surface area (Å²) < 4.78 is 148. The molecule has 316 valence electrons. The van der Waals surface area contributed by atoms with E-state index in [0.29, 0.717) is 44.4 Å². The van der Waals surface area contributed by atoms with Crippen molar-refractivity contribution in [2.24, 2.45) is 0 Å². The number of aryl methyl sites for hydroxylation is 6. The molecule has 0 fully saturated rings. The first-order valence-corrected chi connectivity index (χ1v) is 20.2. The molecule has 0 saturated heterocycles. The maximum Gasteiger partial charge on any atom is 3.00 e. The van der Waals surface area contributed by atoms with E-state index in [9.17, 15) is 16.4 Å². The molecular weight excluding hydrogens is 961 g/mol. The van der Waals surface area contributed by atoms with E-state index in [-0.39, 0.29) is 70.9 Å². The topological polar surface area (TPSA) is 56.2 Å². The first-order chi connectivity index (χ1) is 36.3. The SMILES string of the molecule is [2H]c1ccc2oc3c(-c4ccc(C([2H])([2H])C([2H])([2H])c5cc(C([2H])([2H])C([2H])([2H])c6cnc(-c7[c-]cccc7)cc6C([2H])(C)C)cc(C([2H])([2H])C([2H])([2H])c6cnc(-c7[c-]cccc7)cc6C([2H])(C)C)c5)cn4)[c-]ccc3c2c1[N+]#[C-].[Ir+3]. The van der Waals surface area contributed by atoms with Crippen LogP contribution in [0.4, 0.5) is 5.69 Å². The van der Waals surface area contributed by atoms with Crippen molar-refractivity contribution in [2.45, 2.75) is 77.7 Å². The van der Waals surface area contributed by atoms with Crippen LogP contribution in [0, 0.1) is 24.8 Å². The van der Waals surface area contributed by atoms with Crippen molar-refractivity contribution in [3.8, 4) is 33.8 Å². The Labute approximate surface area is 411 Å². The van der Waals surface area contributed by atoms with Gasteiger partial charge in [-0.2, -0.15) is 0 Å². The average Bonchev–Trinajstić information content (AvgIpc) is 3.88. The largest absolute Gasteiger partial charge is 3.00 e. The fourth-order valence-electron chi connectivity index (χ4n) is 7.21. The minimum atomic E-state index is -3.27. The maximum atomic E-state index is 9.70. The zero-order chi connectivity index (χ0) is 56.8. The second-order valence-electron chi connectivity index (χ2n) is 15.1. The molecule has 0 aliphatic heterocycles. The summed E-state index contributed by atoms with van der Waals surface area (Å²) in [6.45, 7) is 13.7. The summed E-state index contributed by atoms with van der Waals surface area (Å²) in [6, 6.07) is 37.6. The minimum Gasteiger partial charge on any atom is -0.502 e. The molecule has 5 aromatic carbocycles. The van der Waals surface area contributed by atoms with Crippen LogP contribution in [0.25, 0.3) is 60.6 Å². The molecule has 0 aliphatic rings.